The lowest BCUT2D eigenvalue weighted by atomic mass is 10.0. The minimum absolute atomic E-state index is 0.186. The Morgan fingerprint density at radius 2 is 1.85 bits per heavy atom. The van der Waals surface area contributed by atoms with Crippen molar-refractivity contribution in [2.75, 3.05) is 20.6 Å². The van der Waals surface area contributed by atoms with Crippen LogP contribution >= 0.6 is 0 Å². The molecule has 0 heterocycles. The van der Waals surface area contributed by atoms with E-state index in [-0.39, 0.29) is 17.2 Å². The maximum atomic E-state index is 10.7. The normalized spacial score (nSPS) is 24.6. The van der Waals surface area contributed by atoms with E-state index in [2.05, 4.69) is 9.47 Å². The molecule has 0 radical (unpaired) electrons. The Balaban J connectivity index is 2.49. The lowest BCUT2D eigenvalue weighted by Crippen LogP contribution is -2.17. The van der Waals surface area contributed by atoms with Gasteiger partial charge in [-0.2, -0.15) is 0 Å². The van der Waals surface area contributed by atoms with Crippen LogP contribution in [0.4, 0.5) is 0 Å². The molecule has 4 nitrogen and oxygen atoms in total. The van der Waals surface area contributed by atoms with Crippen LogP contribution in [0.15, 0.2) is 36.3 Å². The molecule has 0 bridgehead atoms. The number of ether oxygens (including phenoxy) is 3. The Hall–Kier alpha value is -2.20. The molecule has 0 saturated heterocycles. The van der Waals surface area contributed by atoms with E-state index in [0.29, 0.717) is 0 Å². The van der Waals surface area contributed by atoms with Crippen molar-refractivity contribution in [3.8, 4) is 17.2 Å². The van der Waals surface area contributed by atoms with Gasteiger partial charge in [-0.05, 0) is 73.9 Å². The third kappa shape index (κ3) is 5.95. The number of methoxy groups -OCH3 is 2. The van der Waals surface area contributed by atoms with E-state index >= 15 is 0 Å². The topological polar surface area (TPSA) is 47.9 Å². The second-order valence-electron chi connectivity index (χ2n) is 5.07. The van der Waals surface area contributed by atoms with E-state index in [1.54, 1.807) is 0 Å². The fourth-order valence-corrected chi connectivity index (χ4v) is 1.75. The SMILES string of the molecule is [2H]c1c([2H])c(OC([2H])([2H])C(O)C([2H])([2H])CCC([2H])([2H])c2c([2H])c([2H])c(OC([2H])([2H])[2H])c(OC([2H])([2H])[2H])c2[2H])c([2H])c(C)c1C. The molecule has 1 unspecified atom stereocenters. The zero-order valence-corrected chi connectivity index (χ0v) is 14.2. The third-order valence-corrected chi connectivity index (χ3v) is 3.21. The monoisotopic (exact) mass is 376 g/mol. The molecular weight excluding hydrogens is 328 g/mol. The molecule has 142 valence electrons. The van der Waals surface area contributed by atoms with Gasteiger partial charge in [-0.1, -0.05) is 18.5 Å². The van der Waals surface area contributed by atoms with E-state index in [9.17, 15) is 5.11 Å². The largest absolute Gasteiger partial charge is 0.493 e. The third-order valence-electron chi connectivity index (χ3n) is 3.21. The van der Waals surface area contributed by atoms with Crippen LogP contribution in [-0.4, -0.2) is 31.8 Å². The van der Waals surface area contributed by atoms with Crippen molar-refractivity contribution in [1.82, 2.24) is 0 Å². The van der Waals surface area contributed by atoms with E-state index in [0.717, 1.165) is 0 Å². The summed E-state index contributed by atoms with van der Waals surface area (Å²) in [7, 11) is -6.61. The zero-order chi connectivity index (χ0) is 34.5. The van der Waals surface area contributed by atoms with Gasteiger partial charge in [-0.3, -0.25) is 0 Å². The van der Waals surface area contributed by atoms with Crippen molar-refractivity contribution >= 4 is 0 Å². The summed E-state index contributed by atoms with van der Waals surface area (Å²) in [5, 5.41) is 10.7. The average Bonchev–Trinajstić information content (AvgIpc) is 2.86. The molecule has 2 aromatic rings. The Morgan fingerprint density at radius 3 is 2.65 bits per heavy atom. The Labute approximate surface area is 182 Å². The number of hydrogen-bond acceptors (Lipinski definition) is 4. The van der Waals surface area contributed by atoms with Crippen LogP contribution < -0.4 is 14.2 Å². The van der Waals surface area contributed by atoms with Gasteiger partial charge in [-0.15, -0.1) is 0 Å². The predicted octanol–water partition coefficient (Wildman–Crippen LogP) is 4.47. The first-order chi connectivity index (χ1) is 19.6. The first-order valence-corrected chi connectivity index (χ1v) is 7.52. The number of rotatable bonds is 10. The molecule has 0 aliphatic heterocycles. The molecule has 0 aliphatic rings. The minimum atomic E-state index is -3.33. The van der Waals surface area contributed by atoms with Crippen LogP contribution in [0.5, 0.6) is 17.2 Å². The van der Waals surface area contributed by atoms with Gasteiger partial charge in [0.2, 0.25) is 0 Å². The van der Waals surface area contributed by atoms with Gasteiger partial charge in [-0.25, -0.2) is 0 Å². The molecule has 2 aromatic carbocycles. The molecule has 0 aliphatic carbocycles. The molecule has 0 spiro atoms. The predicted molar refractivity (Wildman–Crippen MR) is 105 cm³/mol. The average molecular weight is 377 g/mol. The molecule has 1 N–H and O–H groups in total. The summed E-state index contributed by atoms with van der Waals surface area (Å²) < 4.78 is 157. The van der Waals surface area contributed by atoms with Gasteiger partial charge >= 0.3 is 0 Å². The standard InChI is InChI=1S/C22H30O4/c1-16-9-11-20(13-17(16)2)26-15-19(23)8-6-5-7-18-10-12-21(24-3)22(14-18)25-4/h9-14,19,23H,5-8,15H2,1-4H3/i3D3,4D3,7D2,8D2,9D,10D,11D,12D,13D,14D,15D2. The first-order valence-electron chi connectivity index (χ1n) is 16.5. The lowest BCUT2D eigenvalue weighted by Gasteiger charge is -2.13. The number of aliphatic hydroxyl groups is 1. The minimum Gasteiger partial charge on any atom is -0.493 e. The summed E-state index contributed by atoms with van der Waals surface area (Å²) in [6.07, 6.45) is -10.6. The first kappa shape index (κ1) is 6.75. The fraction of sp³-hybridized carbons (Fsp3) is 0.455. The van der Waals surface area contributed by atoms with Gasteiger partial charge in [0.25, 0.3) is 0 Å². The second-order valence-corrected chi connectivity index (χ2v) is 5.07. The second kappa shape index (κ2) is 10.1. The zero-order valence-electron chi connectivity index (χ0n) is 32.2. The van der Waals surface area contributed by atoms with Crippen molar-refractivity contribution < 1.29 is 44.0 Å². The van der Waals surface area contributed by atoms with Crippen molar-refractivity contribution in [2.45, 2.75) is 45.5 Å². The molecule has 0 aromatic heterocycles. The highest BCUT2D eigenvalue weighted by atomic mass is 16.5. The van der Waals surface area contributed by atoms with Crippen molar-refractivity contribution in [3.05, 3.63) is 52.9 Å². The maximum Gasteiger partial charge on any atom is 0.160 e. The van der Waals surface area contributed by atoms with Gasteiger partial charge in [0, 0.05) is 5.48 Å². The highest BCUT2D eigenvalue weighted by Gasteiger charge is 2.07. The number of benzene rings is 2. The van der Waals surface area contributed by atoms with Crippen LogP contribution in [0.3, 0.4) is 0 Å². The van der Waals surface area contributed by atoms with Gasteiger partial charge < -0.3 is 19.3 Å². The van der Waals surface area contributed by atoms with Crippen molar-refractivity contribution in [3.63, 3.8) is 0 Å². The molecule has 26 heavy (non-hydrogen) atoms. The summed E-state index contributed by atoms with van der Waals surface area (Å²) >= 11 is 0. The van der Waals surface area contributed by atoms with Crippen LogP contribution in [0.2, 0.25) is 0 Å². The van der Waals surface area contributed by atoms with Crippen LogP contribution in [-0.2, 0) is 6.37 Å². The Bertz CT molecular complexity index is 1370. The van der Waals surface area contributed by atoms with E-state index in [4.69, 9.17) is 29.4 Å². The van der Waals surface area contributed by atoms with E-state index in [1.807, 2.05) is 0 Å². The van der Waals surface area contributed by atoms with E-state index < -0.39 is 105 Å². The summed E-state index contributed by atoms with van der Waals surface area (Å²) in [6, 6.07) is -4.92. The Morgan fingerprint density at radius 1 is 1.04 bits per heavy atom. The number of hydrogen-bond donors (Lipinski definition) is 1. The van der Waals surface area contributed by atoms with Crippen LogP contribution in [0.1, 0.15) is 60.6 Å². The molecule has 1 atom stereocenters. The van der Waals surface area contributed by atoms with Crippen molar-refractivity contribution in [2.24, 2.45) is 0 Å². The molecular formula is C22H30O4. The highest BCUT2D eigenvalue weighted by Crippen LogP contribution is 2.28. The number of aliphatic hydroxyl groups excluding tert-OH is 1. The lowest BCUT2D eigenvalue weighted by molar-refractivity contribution is 0.0976. The van der Waals surface area contributed by atoms with Gasteiger partial charge in [0.15, 0.2) is 11.5 Å². The van der Waals surface area contributed by atoms with Crippen LogP contribution in [0, 0.1) is 13.8 Å². The summed E-state index contributed by atoms with van der Waals surface area (Å²) in [6.45, 7) is -0.427. The van der Waals surface area contributed by atoms with Crippen LogP contribution in [0.25, 0.3) is 0 Å². The quantitative estimate of drug-likeness (QED) is 0.664. The molecule has 0 saturated carbocycles. The van der Waals surface area contributed by atoms with Gasteiger partial charge in [0.1, 0.15) is 12.3 Å². The smallest absolute Gasteiger partial charge is 0.160 e. The molecule has 0 fully saturated rings. The van der Waals surface area contributed by atoms with Gasteiger partial charge in [0.05, 0.1) is 39.4 Å². The Kier molecular flexibility index (Phi) is 2.62. The fourth-order valence-electron chi connectivity index (χ4n) is 1.75. The maximum absolute atomic E-state index is 10.7. The summed E-state index contributed by atoms with van der Waals surface area (Å²) in [4.78, 5) is 0. The molecule has 0 amide bonds. The summed E-state index contributed by atoms with van der Waals surface area (Å²) in [5.74, 6) is -3.03. The molecule has 4 heteroatoms. The van der Waals surface area contributed by atoms with E-state index in [1.165, 1.54) is 13.8 Å². The summed E-state index contributed by atoms with van der Waals surface area (Å²) in [5.41, 5.74) is -0.541. The molecule has 2 rings (SSSR count). The van der Waals surface area contributed by atoms with Crippen molar-refractivity contribution in [1.29, 1.82) is 0 Å². The highest BCUT2D eigenvalue weighted by molar-refractivity contribution is 5.42.